The molecule has 0 aliphatic carbocycles. The van der Waals surface area contributed by atoms with Gasteiger partial charge in [0.25, 0.3) is 0 Å². The van der Waals surface area contributed by atoms with Crippen LogP contribution < -0.4 is 5.69 Å². The fraction of sp³-hybridized carbons (Fsp3) is 0.471. The van der Waals surface area contributed by atoms with E-state index in [0.29, 0.717) is 41.1 Å². The molecule has 0 amide bonds. The molecule has 1 saturated heterocycles. The summed E-state index contributed by atoms with van der Waals surface area (Å²) in [6, 6.07) is 6.19. The number of ketones is 1. The lowest BCUT2D eigenvalue weighted by Gasteiger charge is -2.31. The Balaban J connectivity index is 1.63. The second kappa shape index (κ2) is 7.47. The third kappa shape index (κ3) is 4.24. The fourth-order valence-electron chi connectivity index (χ4n) is 3.19. The summed E-state index contributed by atoms with van der Waals surface area (Å²) in [5.74, 6) is -1.26. The molecule has 2 heterocycles. The van der Waals surface area contributed by atoms with Crippen LogP contribution in [0.2, 0.25) is 5.02 Å². The minimum Gasteiger partial charge on any atom is -0.296 e. The molecule has 146 valence electrons. The van der Waals surface area contributed by atoms with Crippen molar-refractivity contribution in [3.63, 3.8) is 0 Å². The summed E-state index contributed by atoms with van der Waals surface area (Å²) in [5, 5.41) is 4.04. The van der Waals surface area contributed by atoms with Gasteiger partial charge in [0.1, 0.15) is 0 Å². The van der Waals surface area contributed by atoms with Crippen LogP contribution in [0.15, 0.2) is 29.1 Å². The molecule has 0 radical (unpaired) electrons. The maximum absolute atomic E-state index is 12.9. The van der Waals surface area contributed by atoms with E-state index < -0.39 is 23.7 Å². The third-order valence-corrected chi connectivity index (χ3v) is 4.94. The molecule has 1 aromatic heterocycles. The summed E-state index contributed by atoms with van der Waals surface area (Å²) in [6.07, 6.45) is -3.78. The van der Waals surface area contributed by atoms with Gasteiger partial charge in [0.2, 0.25) is 5.82 Å². The Labute approximate surface area is 158 Å². The van der Waals surface area contributed by atoms with E-state index >= 15 is 0 Å². The van der Waals surface area contributed by atoms with Crippen LogP contribution in [0.25, 0.3) is 0 Å². The number of aromatic nitrogens is 3. The van der Waals surface area contributed by atoms with Crippen LogP contribution in [0.4, 0.5) is 13.2 Å². The van der Waals surface area contributed by atoms with Crippen molar-refractivity contribution in [1.82, 2.24) is 19.2 Å². The first-order valence-corrected chi connectivity index (χ1v) is 8.78. The van der Waals surface area contributed by atoms with Crippen LogP contribution in [0.3, 0.4) is 0 Å². The first-order chi connectivity index (χ1) is 12.7. The number of likely N-dealkylation sites (tertiary alicyclic amines) is 1. The van der Waals surface area contributed by atoms with Gasteiger partial charge < -0.3 is 0 Å². The van der Waals surface area contributed by atoms with Gasteiger partial charge in [0.05, 0.1) is 12.6 Å². The summed E-state index contributed by atoms with van der Waals surface area (Å²) in [5.41, 5.74) is -0.227. The number of rotatable bonds is 4. The molecule has 0 bridgehead atoms. The number of hydrogen-bond donors (Lipinski definition) is 0. The average molecular weight is 403 g/mol. The van der Waals surface area contributed by atoms with Crippen LogP contribution in [0.1, 0.15) is 35.1 Å². The molecular weight excluding hydrogens is 385 g/mol. The van der Waals surface area contributed by atoms with Crippen LogP contribution in [-0.4, -0.2) is 44.7 Å². The molecule has 1 fully saturated rings. The third-order valence-electron chi connectivity index (χ3n) is 4.69. The summed E-state index contributed by atoms with van der Waals surface area (Å²) in [6.45, 7) is 1.20. The summed E-state index contributed by atoms with van der Waals surface area (Å²) < 4.78 is 40.2. The standard InChI is InChI=1S/C17H18ClF3N4O2/c1-23-15(17(19,20)21)22-25(16(23)27)13-6-8-24(9-7-13)10-14(26)11-2-4-12(18)5-3-11/h2-5,13H,6-10H2,1H3. The number of hydrogen-bond acceptors (Lipinski definition) is 4. The molecule has 3 rings (SSSR count). The number of carbonyl (C=O) groups is 1. The first kappa shape index (κ1) is 19.6. The Morgan fingerprint density at radius 2 is 1.81 bits per heavy atom. The predicted molar refractivity (Wildman–Crippen MR) is 93.0 cm³/mol. The molecule has 6 nitrogen and oxygen atoms in total. The van der Waals surface area contributed by atoms with E-state index in [0.717, 1.165) is 11.7 Å². The second-order valence-corrected chi connectivity index (χ2v) is 6.98. The van der Waals surface area contributed by atoms with Gasteiger partial charge in [-0.15, -0.1) is 5.10 Å². The van der Waals surface area contributed by atoms with Crippen molar-refractivity contribution in [1.29, 1.82) is 0 Å². The van der Waals surface area contributed by atoms with E-state index in [1.54, 1.807) is 24.3 Å². The van der Waals surface area contributed by atoms with Gasteiger partial charge in [-0.25, -0.2) is 9.48 Å². The van der Waals surface area contributed by atoms with Crippen LogP contribution in [0, 0.1) is 0 Å². The van der Waals surface area contributed by atoms with Gasteiger partial charge in [-0.05, 0) is 37.1 Å². The molecule has 1 aromatic carbocycles. The van der Waals surface area contributed by atoms with E-state index in [9.17, 15) is 22.8 Å². The van der Waals surface area contributed by atoms with Crippen molar-refractivity contribution in [2.75, 3.05) is 19.6 Å². The monoisotopic (exact) mass is 402 g/mol. The van der Waals surface area contributed by atoms with Gasteiger partial charge in [-0.2, -0.15) is 13.2 Å². The highest BCUT2D eigenvalue weighted by molar-refractivity contribution is 6.30. The lowest BCUT2D eigenvalue weighted by molar-refractivity contribution is -0.147. The Hall–Kier alpha value is -2.13. The van der Waals surface area contributed by atoms with Crippen molar-refractivity contribution in [3.8, 4) is 0 Å². The predicted octanol–water partition coefficient (Wildman–Crippen LogP) is 2.77. The molecule has 27 heavy (non-hydrogen) atoms. The average Bonchev–Trinajstić information content (AvgIpc) is 2.92. The van der Waals surface area contributed by atoms with E-state index in [4.69, 9.17) is 11.6 Å². The normalized spacial score (nSPS) is 16.6. The maximum Gasteiger partial charge on any atom is 0.451 e. The molecule has 10 heteroatoms. The van der Waals surface area contributed by atoms with Crippen LogP contribution in [0.5, 0.6) is 0 Å². The zero-order chi connectivity index (χ0) is 19.8. The zero-order valence-corrected chi connectivity index (χ0v) is 15.3. The first-order valence-electron chi connectivity index (χ1n) is 8.40. The van der Waals surface area contributed by atoms with E-state index in [1.807, 2.05) is 4.90 Å². The summed E-state index contributed by atoms with van der Waals surface area (Å²) in [4.78, 5) is 26.3. The number of carbonyl (C=O) groups excluding carboxylic acids is 1. The quantitative estimate of drug-likeness (QED) is 0.738. The molecule has 0 N–H and O–H groups in total. The largest absolute Gasteiger partial charge is 0.451 e. The van der Waals surface area contributed by atoms with E-state index in [1.165, 1.54) is 0 Å². The number of benzene rings is 1. The number of Topliss-reactive ketones (excluding diaryl/α,β-unsaturated/α-hetero) is 1. The lowest BCUT2D eigenvalue weighted by atomic mass is 10.0. The number of halogens is 4. The van der Waals surface area contributed by atoms with Gasteiger partial charge >= 0.3 is 11.9 Å². The highest BCUT2D eigenvalue weighted by atomic mass is 35.5. The van der Waals surface area contributed by atoms with Gasteiger partial charge in [0.15, 0.2) is 5.78 Å². The molecule has 0 atom stereocenters. The zero-order valence-electron chi connectivity index (χ0n) is 14.5. The lowest BCUT2D eigenvalue weighted by Crippen LogP contribution is -2.40. The number of alkyl halides is 3. The van der Waals surface area contributed by atoms with Crippen molar-refractivity contribution in [2.24, 2.45) is 7.05 Å². The highest BCUT2D eigenvalue weighted by Crippen LogP contribution is 2.28. The van der Waals surface area contributed by atoms with Crippen molar-refractivity contribution in [3.05, 3.63) is 51.2 Å². The molecule has 1 aliphatic heterocycles. The van der Waals surface area contributed by atoms with Crippen LogP contribution in [-0.2, 0) is 13.2 Å². The number of nitrogens with zero attached hydrogens (tertiary/aromatic N) is 4. The second-order valence-electron chi connectivity index (χ2n) is 6.54. The van der Waals surface area contributed by atoms with Crippen molar-refractivity contribution >= 4 is 17.4 Å². The van der Waals surface area contributed by atoms with Gasteiger partial charge in [-0.1, -0.05) is 11.6 Å². The molecule has 1 aliphatic rings. The SMILES string of the molecule is Cn1c(C(F)(F)F)nn(C2CCN(CC(=O)c3ccc(Cl)cc3)CC2)c1=O. The maximum atomic E-state index is 12.9. The minimum absolute atomic E-state index is 0.0560. The smallest absolute Gasteiger partial charge is 0.296 e. The summed E-state index contributed by atoms with van der Waals surface area (Å²) >= 11 is 5.81. The highest BCUT2D eigenvalue weighted by Gasteiger charge is 2.39. The van der Waals surface area contributed by atoms with Gasteiger partial charge in [-0.3, -0.25) is 14.3 Å². The van der Waals surface area contributed by atoms with Crippen molar-refractivity contribution < 1.29 is 18.0 Å². The summed E-state index contributed by atoms with van der Waals surface area (Å²) in [7, 11) is 1.06. The molecule has 2 aromatic rings. The Bertz CT molecular complexity index is 881. The van der Waals surface area contributed by atoms with Gasteiger partial charge in [0, 0.05) is 30.7 Å². The topological polar surface area (TPSA) is 60.1 Å². The van der Waals surface area contributed by atoms with E-state index in [2.05, 4.69) is 5.10 Å². The van der Waals surface area contributed by atoms with Crippen molar-refractivity contribution in [2.45, 2.75) is 25.1 Å². The molecule has 0 saturated carbocycles. The molecular formula is C17H18ClF3N4O2. The molecule has 0 spiro atoms. The number of piperidine rings is 1. The van der Waals surface area contributed by atoms with Crippen LogP contribution >= 0.6 is 11.6 Å². The molecule has 0 unspecified atom stereocenters. The minimum atomic E-state index is -4.68. The Morgan fingerprint density at radius 1 is 1.22 bits per heavy atom. The Kier molecular flexibility index (Phi) is 5.43. The Morgan fingerprint density at radius 3 is 2.33 bits per heavy atom. The van der Waals surface area contributed by atoms with E-state index in [-0.39, 0.29) is 12.3 Å². The fourth-order valence-corrected chi connectivity index (χ4v) is 3.32.